The van der Waals surface area contributed by atoms with E-state index in [1.807, 2.05) is 12.1 Å². The number of nitrogens with one attached hydrogen (secondary N) is 1. The summed E-state index contributed by atoms with van der Waals surface area (Å²) in [5, 5.41) is 2.87. The summed E-state index contributed by atoms with van der Waals surface area (Å²) in [6, 6.07) is 5.16. The third-order valence-electron chi connectivity index (χ3n) is 4.14. The van der Waals surface area contributed by atoms with E-state index in [4.69, 9.17) is 5.73 Å². The summed E-state index contributed by atoms with van der Waals surface area (Å²) >= 11 is 3.41. The third-order valence-corrected chi connectivity index (χ3v) is 5.11. The molecule has 1 saturated heterocycles. The van der Waals surface area contributed by atoms with Crippen molar-refractivity contribution in [3.05, 3.63) is 28.2 Å². The maximum atomic E-state index is 12.5. The molecule has 1 spiro atoms. The highest BCUT2D eigenvalue weighted by Gasteiger charge is 2.52. The second kappa shape index (κ2) is 4.77. The van der Waals surface area contributed by atoms with E-state index in [-0.39, 0.29) is 18.5 Å². The zero-order valence-electron chi connectivity index (χ0n) is 11.0. The fraction of sp³-hybridized carbons (Fsp3) is 0.429. The largest absolute Gasteiger partial charge is 0.398 e. The summed E-state index contributed by atoms with van der Waals surface area (Å²) in [6.45, 7) is 0.248. The average molecular weight is 338 g/mol. The van der Waals surface area contributed by atoms with Gasteiger partial charge in [0.25, 0.3) is 5.91 Å². The van der Waals surface area contributed by atoms with Crippen LogP contribution in [0, 0.1) is 0 Å². The highest BCUT2D eigenvalue weighted by atomic mass is 79.9. The Morgan fingerprint density at radius 3 is 2.70 bits per heavy atom. The van der Waals surface area contributed by atoms with E-state index in [1.54, 1.807) is 6.07 Å². The lowest BCUT2D eigenvalue weighted by Gasteiger charge is -2.20. The number of benzene rings is 1. The summed E-state index contributed by atoms with van der Waals surface area (Å²) in [4.78, 5) is 25.9. The molecule has 1 aromatic carbocycles. The number of nitrogens with zero attached hydrogens (tertiary/aromatic N) is 1. The number of nitrogens with two attached hydrogens (primary N) is 1. The van der Waals surface area contributed by atoms with Gasteiger partial charge in [-0.15, -0.1) is 0 Å². The van der Waals surface area contributed by atoms with Crippen LogP contribution in [0.4, 0.5) is 10.5 Å². The first-order chi connectivity index (χ1) is 9.53. The molecular formula is C14H16BrN3O2. The molecule has 2 fully saturated rings. The SMILES string of the molecule is Nc1cccc(CN2C(=O)NC3(CCCC3)C2=O)c1Br. The van der Waals surface area contributed by atoms with Crippen LogP contribution in [0.5, 0.6) is 0 Å². The third kappa shape index (κ3) is 1.98. The number of anilines is 1. The van der Waals surface area contributed by atoms with E-state index < -0.39 is 5.54 Å². The number of imide groups is 1. The van der Waals surface area contributed by atoms with Crippen LogP contribution in [-0.4, -0.2) is 22.4 Å². The molecule has 5 nitrogen and oxygen atoms in total. The van der Waals surface area contributed by atoms with Crippen molar-refractivity contribution in [1.29, 1.82) is 0 Å². The summed E-state index contributed by atoms with van der Waals surface area (Å²) in [7, 11) is 0. The van der Waals surface area contributed by atoms with Crippen molar-refractivity contribution in [2.75, 3.05) is 5.73 Å². The number of urea groups is 1. The Bertz CT molecular complexity index is 582. The van der Waals surface area contributed by atoms with E-state index >= 15 is 0 Å². The molecule has 1 aliphatic carbocycles. The Labute approximate surface area is 125 Å². The van der Waals surface area contributed by atoms with Crippen molar-refractivity contribution in [2.45, 2.75) is 37.8 Å². The van der Waals surface area contributed by atoms with Crippen molar-refractivity contribution in [2.24, 2.45) is 0 Å². The Morgan fingerprint density at radius 1 is 1.30 bits per heavy atom. The zero-order valence-corrected chi connectivity index (χ0v) is 12.6. The van der Waals surface area contributed by atoms with Gasteiger partial charge in [-0.25, -0.2) is 4.79 Å². The van der Waals surface area contributed by atoms with Gasteiger partial charge in [0.1, 0.15) is 5.54 Å². The molecular weight excluding hydrogens is 322 g/mol. The molecule has 0 bridgehead atoms. The fourth-order valence-corrected chi connectivity index (χ4v) is 3.42. The number of carbonyl (C=O) groups excluding carboxylic acids is 2. The predicted molar refractivity (Wildman–Crippen MR) is 78.8 cm³/mol. The van der Waals surface area contributed by atoms with Crippen LogP contribution in [0.3, 0.4) is 0 Å². The molecule has 20 heavy (non-hydrogen) atoms. The standard InChI is InChI=1S/C14H16BrN3O2/c15-11-9(4-3-5-10(11)16)8-18-12(19)14(17-13(18)20)6-1-2-7-14/h3-5H,1-2,6-8,16H2,(H,17,20). The fourth-order valence-electron chi connectivity index (χ4n) is 3.03. The lowest BCUT2D eigenvalue weighted by molar-refractivity contribution is -0.131. The van der Waals surface area contributed by atoms with Gasteiger partial charge in [0.2, 0.25) is 0 Å². The minimum absolute atomic E-state index is 0.102. The minimum atomic E-state index is -0.649. The maximum Gasteiger partial charge on any atom is 0.325 e. The molecule has 1 heterocycles. The zero-order chi connectivity index (χ0) is 14.3. The van der Waals surface area contributed by atoms with E-state index in [0.29, 0.717) is 5.69 Å². The number of hydrogen-bond donors (Lipinski definition) is 2. The molecule has 1 aromatic rings. The van der Waals surface area contributed by atoms with Crippen molar-refractivity contribution >= 4 is 33.6 Å². The van der Waals surface area contributed by atoms with Crippen molar-refractivity contribution < 1.29 is 9.59 Å². The minimum Gasteiger partial charge on any atom is -0.398 e. The molecule has 3 rings (SSSR count). The molecule has 0 unspecified atom stereocenters. The molecule has 106 valence electrons. The van der Waals surface area contributed by atoms with Crippen molar-refractivity contribution in [3.63, 3.8) is 0 Å². The van der Waals surface area contributed by atoms with Crippen molar-refractivity contribution in [1.82, 2.24) is 10.2 Å². The van der Waals surface area contributed by atoms with Gasteiger partial charge < -0.3 is 11.1 Å². The van der Waals surface area contributed by atoms with Crippen molar-refractivity contribution in [3.8, 4) is 0 Å². The summed E-state index contributed by atoms with van der Waals surface area (Å²) in [5.41, 5.74) is 6.62. The molecule has 2 aliphatic rings. The average Bonchev–Trinajstić information content (AvgIpc) is 2.96. The second-order valence-electron chi connectivity index (χ2n) is 5.43. The van der Waals surface area contributed by atoms with Crippen LogP contribution in [0.2, 0.25) is 0 Å². The number of halogens is 1. The normalized spacial score (nSPS) is 20.8. The van der Waals surface area contributed by atoms with Gasteiger partial charge in [-0.1, -0.05) is 25.0 Å². The molecule has 3 amide bonds. The highest BCUT2D eigenvalue weighted by molar-refractivity contribution is 9.10. The smallest absolute Gasteiger partial charge is 0.325 e. The Morgan fingerprint density at radius 2 is 2.00 bits per heavy atom. The van der Waals surface area contributed by atoms with Crippen LogP contribution in [0.15, 0.2) is 22.7 Å². The van der Waals surface area contributed by atoms with E-state index in [1.165, 1.54) is 4.90 Å². The molecule has 0 aromatic heterocycles. The number of amides is 3. The lowest BCUT2D eigenvalue weighted by atomic mass is 9.98. The molecule has 3 N–H and O–H groups in total. The quantitative estimate of drug-likeness (QED) is 0.642. The first-order valence-corrected chi connectivity index (χ1v) is 7.50. The number of rotatable bonds is 2. The molecule has 0 atom stereocenters. The van der Waals surface area contributed by atoms with Gasteiger partial charge in [-0.3, -0.25) is 9.69 Å². The topological polar surface area (TPSA) is 75.4 Å². The number of hydrogen-bond acceptors (Lipinski definition) is 3. The van der Waals surface area contributed by atoms with Crippen LogP contribution in [0.1, 0.15) is 31.2 Å². The predicted octanol–water partition coefficient (Wildman–Crippen LogP) is 2.40. The Hall–Kier alpha value is -1.56. The van der Waals surface area contributed by atoms with Gasteiger partial charge in [0.05, 0.1) is 6.54 Å². The second-order valence-corrected chi connectivity index (χ2v) is 6.22. The van der Waals surface area contributed by atoms with Gasteiger partial charge >= 0.3 is 6.03 Å². The first kappa shape index (κ1) is 13.4. The molecule has 1 saturated carbocycles. The lowest BCUT2D eigenvalue weighted by Crippen LogP contribution is -2.44. The number of nitrogen functional groups attached to an aromatic ring is 1. The van der Waals surface area contributed by atoms with E-state index in [9.17, 15) is 9.59 Å². The maximum absolute atomic E-state index is 12.5. The molecule has 1 aliphatic heterocycles. The monoisotopic (exact) mass is 337 g/mol. The van der Waals surface area contributed by atoms with Crippen LogP contribution >= 0.6 is 15.9 Å². The first-order valence-electron chi connectivity index (χ1n) is 6.70. The molecule has 0 radical (unpaired) electrons. The van der Waals surface area contributed by atoms with Crippen LogP contribution < -0.4 is 11.1 Å². The van der Waals surface area contributed by atoms with E-state index in [0.717, 1.165) is 35.7 Å². The van der Waals surface area contributed by atoms with Crippen LogP contribution in [0.25, 0.3) is 0 Å². The highest BCUT2D eigenvalue weighted by Crippen LogP contribution is 2.36. The summed E-state index contributed by atoms with van der Waals surface area (Å²) < 4.78 is 0.743. The number of carbonyl (C=O) groups is 2. The summed E-state index contributed by atoms with van der Waals surface area (Å²) in [5.74, 6) is -0.102. The van der Waals surface area contributed by atoms with Gasteiger partial charge in [0.15, 0.2) is 0 Å². The Balaban J connectivity index is 1.86. The van der Waals surface area contributed by atoms with E-state index in [2.05, 4.69) is 21.2 Å². The van der Waals surface area contributed by atoms with Gasteiger partial charge in [-0.2, -0.15) is 0 Å². The summed E-state index contributed by atoms with van der Waals surface area (Å²) in [6.07, 6.45) is 3.46. The van der Waals surface area contributed by atoms with Gasteiger partial charge in [-0.05, 0) is 40.4 Å². The van der Waals surface area contributed by atoms with Gasteiger partial charge in [0, 0.05) is 10.2 Å². The Kier molecular flexibility index (Phi) is 3.20. The molecule has 6 heteroatoms. The van der Waals surface area contributed by atoms with Crippen LogP contribution in [-0.2, 0) is 11.3 Å².